The molecule has 5 rings (SSSR count). The van der Waals surface area contributed by atoms with E-state index >= 15 is 0 Å². The van der Waals surface area contributed by atoms with Gasteiger partial charge in [0.2, 0.25) is 5.91 Å². The summed E-state index contributed by atoms with van der Waals surface area (Å²) in [6, 6.07) is 10.9. The van der Waals surface area contributed by atoms with Crippen molar-refractivity contribution in [1.82, 2.24) is 4.90 Å². The van der Waals surface area contributed by atoms with Gasteiger partial charge in [-0.05, 0) is 86.4 Å². The topological polar surface area (TPSA) is 83.8 Å². The summed E-state index contributed by atoms with van der Waals surface area (Å²) in [7, 11) is 0. The first-order chi connectivity index (χ1) is 16.5. The second kappa shape index (κ2) is 9.66. The second-order valence-electron chi connectivity index (χ2n) is 9.86. The van der Waals surface area contributed by atoms with Crippen molar-refractivity contribution in [2.75, 3.05) is 31.1 Å². The fraction of sp³-hybridized carbons (Fsp3) is 0.481. The summed E-state index contributed by atoms with van der Waals surface area (Å²) < 4.78 is 0. The number of Topliss-reactive ketones (excluding diaryl/α,β-unsaturated/α-hetero) is 1. The molecule has 2 aromatic carbocycles. The number of aryl methyl sites for hydroxylation is 1. The highest BCUT2D eigenvalue weighted by molar-refractivity contribution is 6.02. The fourth-order valence-electron chi connectivity index (χ4n) is 5.67. The SMILES string of the molecule is O=C(CCC1CCN(CCc2ccc([N+](=O)[O-])cc2)CC1)c1cc2c3c(c1)CCN3C(=O)CC2. The monoisotopic (exact) mass is 461 g/mol. The standard InChI is InChI=1S/C27H31N3O4/c31-25(23-17-21-4-8-26(32)29-16-12-22(18-23)27(21)29)7-3-20-10-14-28(15-11-20)13-9-19-1-5-24(6-2-19)30(33)34/h1-2,5-6,17-18,20H,3-4,7-16H2. The van der Waals surface area contributed by atoms with Gasteiger partial charge in [0.15, 0.2) is 5.78 Å². The third-order valence-corrected chi connectivity index (χ3v) is 7.72. The minimum absolute atomic E-state index is 0.135. The van der Waals surface area contributed by atoms with E-state index < -0.39 is 0 Å². The minimum Gasteiger partial charge on any atom is -0.312 e. The molecule has 2 aromatic rings. The Morgan fingerprint density at radius 3 is 2.41 bits per heavy atom. The van der Waals surface area contributed by atoms with Gasteiger partial charge in [-0.25, -0.2) is 0 Å². The van der Waals surface area contributed by atoms with Crippen molar-refractivity contribution in [1.29, 1.82) is 0 Å². The molecule has 0 spiro atoms. The fourth-order valence-corrected chi connectivity index (χ4v) is 5.67. The zero-order valence-corrected chi connectivity index (χ0v) is 19.5. The van der Waals surface area contributed by atoms with Gasteiger partial charge in [-0.15, -0.1) is 0 Å². The molecule has 178 valence electrons. The number of non-ortho nitro benzene ring substituents is 1. The zero-order chi connectivity index (χ0) is 23.7. The number of nitrogens with zero attached hydrogens (tertiary/aromatic N) is 3. The first-order valence-corrected chi connectivity index (χ1v) is 12.4. The number of hydrogen-bond acceptors (Lipinski definition) is 5. The predicted molar refractivity (Wildman–Crippen MR) is 130 cm³/mol. The molecule has 34 heavy (non-hydrogen) atoms. The molecule has 1 fully saturated rings. The van der Waals surface area contributed by atoms with E-state index in [2.05, 4.69) is 4.90 Å². The molecular weight excluding hydrogens is 430 g/mol. The first kappa shape index (κ1) is 22.7. The molecule has 0 saturated carbocycles. The maximum Gasteiger partial charge on any atom is 0.269 e. The van der Waals surface area contributed by atoms with E-state index in [0.717, 1.165) is 87.1 Å². The van der Waals surface area contributed by atoms with Crippen molar-refractivity contribution in [3.05, 3.63) is 68.8 Å². The summed E-state index contributed by atoms with van der Waals surface area (Å²) in [6.07, 6.45) is 6.79. The quantitative estimate of drug-likeness (QED) is 0.332. The number of anilines is 1. The second-order valence-corrected chi connectivity index (χ2v) is 9.86. The van der Waals surface area contributed by atoms with Gasteiger partial charge in [-0.2, -0.15) is 0 Å². The number of ketones is 1. The van der Waals surface area contributed by atoms with Crippen LogP contribution in [0.4, 0.5) is 11.4 Å². The number of piperidine rings is 1. The average Bonchev–Trinajstić information content (AvgIpc) is 3.30. The van der Waals surface area contributed by atoms with Crippen molar-refractivity contribution in [3.63, 3.8) is 0 Å². The van der Waals surface area contributed by atoms with Crippen molar-refractivity contribution < 1.29 is 14.5 Å². The average molecular weight is 462 g/mol. The molecule has 7 nitrogen and oxygen atoms in total. The number of likely N-dealkylation sites (tertiary alicyclic amines) is 1. The summed E-state index contributed by atoms with van der Waals surface area (Å²) in [5.74, 6) is 1.03. The Bertz CT molecular complexity index is 1100. The van der Waals surface area contributed by atoms with Gasteiger partial charge < -0.3 is 9.80 Å². The van der Waals surface area contributed by atoms with Crippen LogP contribution in [0.3, 0.4) is 0 Å². The Labute approximate surface area is 199 Å². The van der Waals surface area contributed by atoms with E-state index in [-0.39, 0.29) is 22.3 Å². The molecule has 0 radical (unpaired) electrons. The van der Waals surface area contributed by atoms with E-state index in [0.29, 0.717) is 18.8 Å². The Kier molecular flexibility index (Phi) is 6.46. The Morgan fingerprint density at radius 1 is 1.00 bits per heavy atom. The zero-order valence-electron chi connectivity index (χ0n) is 19.5. The molecule has 7 heteroatoms. The van der Waals surface area contributed by atoms with E-state index in [1.807, 2.05) is 29.2 Å². The lowest BCUT2D eigenvalue weighted by Crippen LogP contribution is -2.35. The van der Waals surface area contributed by atoms with Crippen molar-refractivity contribution in [2.45, 2.75) is 51.4 Å². The summed E-state index contributed by atoms with van der Waals surface area (Å²) in [6.45, 7) is 3.79. The lowest BCUT2D eigenvalue weighted by atomic mass is 9.89. The first-order valence-electron chi connectivity index (χ1n) is 12.4. The van der Waals surface area contributed by atoms with Crippen LogP contribution >= 0.6 is 0 Å². The molecule has 1 saturated heterocycles. The largest absolute Gasteiger partial charge is 0.312 e. The molecule has 0 bridgehead atoms. The molecule has 1 amide bonds. The van der Waals surface area contributed by atoms with Gasteiger partial charge >= 0.3 is 0 Å². The van der Waals surface area contributed by atoms with Crippen molar-refractivity contribution in [2.24, 2.45) is 5.92 Å². The molecule has 3 aliphatic rings. The molecule has 0 atom stereocenters. The van der Waals surface area contributed by atoms with Crippen molar-refractivity contribution >= 4 is 23.1 Å². The maximum absolute atomic E-state index is 13.0. The Morgan fingerprint density at radius 2 is 1.71 bits per heavy atom. The predicted octanol–water partition coefficient (Wildman–Crippen LogP) is 4.35. The van der Waals surface area contributed by atoms with E-state index in [9.17, 15) is 19.7 Å². The maximum atomic E-state index is 13.0. The number of carbonyl (C=O) groups is 2. The third kappa shape index (κ3) is 4.75. The van der Waals surface area contributed by atoms with Gasteiger partial charge in [-0.1, -0.05) is 12.1 Å². The van der Waals surface area contributed by atoms with Crippen LogP contribution in [-0.4, -0.2) is 47.7 Å². The van der Waals surface area contributed by atoms with Crippen LogP contribution in [0.2, 0.25) is 0 Å². The molecular formula is C27H31N3O4. The van der Waals surface area contributed by atoms with Crippen LogP contribution in [0.25, 0.3) is 0 Å². The van der Waals surface area contributed by atoms with Gasteiger partial charge in [0.25, 0.3) is 5.69 Å². The highest BCUT2D eigenvalue weighted by Crippen LogP contribution is 2.38. The van der Waals surface area contributed by atoms with Crippen LogP contribution in [-0.2, 0) is 24.1 Å². The third-order valence-electron chi connectivity index (χ3n) is 7.72. The van der Waals surface area contributed by atoms with Crippen LogP contribution in [0, 0.1) is 16.0 Å². The van der Waals surface area contributed by atoms with Crippen LogP contribution < -0.4 is 4.90 Å². The summed E-state index contributed by atoms with van der Waals surface area (Å²) in [4.78, 5) is 39.9. The smallest absolute Gasteiger partial charge is 0.269 e. The van der Waals surface area contributed by atoms with E-state index in [1.165, 1.54) is 5.56 Å². The van der Waals surface area contributed by atoms with Crippen molar-refractivity contribution in [3.8, 4) is 0 Å². The van der Waals surface area contributed by atoms with Gasteiger partial charge in [-0.3, -0.25) is 19.7 Å². The lowest BCUT2D eigenvalue weighted by Gasteiger charge is -2.32. The number of carbonyl (C=O) groups excluding carboxylic acids is 2. The number of benzene rings is 2. The number of nitro benzene ring substituents is 1. The van der Waals surface area contributed by atoms with E-state index in [1.54, 1.807) is 12.1 Å². The molecule has 0 unspecified atom stereocenters. The molecule has 3 heterocycles. The molecule has 0 aromatic heterocycles. The number of amides is 1. The van der Waals surface area contributed by atoms with Crippen LogP contribution in [0.5, 0.6) is 0 Å². The minimum atomic E-state index is -0.365. The Balaban J connectivity index is 1.08. The number of hydrogen-bond donors (Lipinski definition) is 0. The van der Waals surface area contributed by atoms with Gasteiger partial charge in [0.05, 0.1) is 10.6 Å². The summed E-state index contributed by atoms with van der Waals surface area (Å²) in [5, 5.41) is 10.8. The highest BCUT2D eigenvalue weighted by Gasteiger charge is 2.32. The molecule has 0 aliphatic carbocycles. The van der Waals surface area contributed by atoms with Crippen LogP contribution in [0.1, 0.15) is 59.2 Å². The van der Waals surface area contributed by atoms with Crippen LogP contribution in [0.15, 0.2) is 36.4 Å². The number of rotatable bonds is 8. The van der Waals surface area contributed by atoms with Gasteiger partial charge in [0, 0.05) is 43.6 Å². The Hall–Kier alpha value is -3.06. The number of nitro groups is 1. The normalized spacial score (nSPS) is 18.2. The summed E-state index contributed by atoms with van der Waals surface area (Å²) in [5.41, 5.74) is 5.49. The highest BCUT2D eigenvalue weighted by atomic mass is 16.6. The van der Waals surface area contributed by atoms with Gasteiger partial charge in [0.1, 0.15) is 0 Å². The van der Waals surface area contributed by atoms with E-state index in [4.69, 9.17) is 0 Å². The summed E-state index contributed by atoms with van der Waals surface area (Å²) >= 11 is 0. The lowest BCUT2D eigenvalue weighted by molar-refractivity contribution is -0.384. The molecule has 3 aliphatic heterocycles. The molecule has 0 N–H and O–H groups in total.